The maximum Gasteiger partial charge on any atom is 0.246 e. The predicted molar refractivity (Wildman–Crippen MR) is 257 cm³/mol. The molecule has 0 heterocycles. The van der Waals surface area contributed by atoms with Gasteiger partial charge in [0.1, 0.15) is 36.0 Å². The number of primary amides is 4. The van der Waals surface area contributed by atoms with Crippen LogP contribution in [-0.2, 0) is 59.2 Å². The molecule has 1 aromatic carbocycles. The van der Waals surface area contributed by atoms with Crippen molar-refractivity contribution >= 4 is 86.6 Å². The van der Waals surface area contributed by atoms with E-state index in [2.05, 4.69) is 38.8 Å². The molecule has 1 unspecified atom stereocenters. The molecule has 0 spiro atoms. The quantitative estimate of drug-likeness (QED) is 0.0134. The fraction of sp³-hybridized carbons (Fsp3) is 0.581. The van der Waals surface area contributed by atoms with Gasteiger partial charge in [-0.1, -0.05) is 72.9 Å². The third-order valence-electron chi connectivity index (χ3n) is 10.6. The van der Waals surface area contributed by atoms with Crippen LogP contribution >= 0.6 is 21.6 Å². The molecular weight excluding hydrogens is 1120 g/mol. The van der Waals surface area contributed by atoms with Crippen LogP contribution in [0, 0.1) is 56.5 Å². The van der Waals surface area contributed by atoms with Gasteiger partial charge in [0, 0.05) is 75.1 Å². The molecule has 71 heavy (non-hydrogen) atoms. The second kappa shape index (κ2) is 32.9. The molecule has 1 fully saturated rings. The number of benzene rings is 1. The first-order valence-corrected chi connectivity index (χ1v) is 24.9. The summed E-state index contributed by atoms with van der Waals surface area (Å²) in [6, 6.07) is -2.54. The zero-order chi connectivity index (χ0) is 52.7. The van der Waals surface area contributed by atoms with Crippen molar-refractivity contribution < 1.29 is 101 Å². The Morgan fingerprint density at radius 2 is 1.31 bits per heavy atom. The van der Waals surface area contributed by atoms with E-state index < -0.39 is 133 Å². The zero-order valence-electron chi connectivity index (χ0n) is 39.4. The van der Waals surface area contributed by atoms with E-state index in [-0.39, 0.29) is 98.9 Å². The van der Waals surface area contributed by atoms with Crippen LogP contribution in [0.25, 0.3) is 0 Å². The maximum absolute atomic E-state index is 14.4. The van der Waals surface area contributed by atoms with Gasteiger partial charge in [0.05, 0.1) is 25.6 Å². The number of carbonyl (C=O) groups is 11. The molecule has 0 bridgehead atoms. The number of hydrogen-bond acceptors (Lipinski definition) is 16. The Morgan fingerprint density at radius 1 is 0.732 bits per heavy atom. The van der Waals surface area contributed by atoms with Crippen LogP contribution in [0.1, 0.15) is 70.8 Å². The van der Waals surface area contributed by atoms with Crippen molar-refractivity contribution in [2.45, 2.75) is 114 Å². The Bertz CT molecular complexity index is 2020. The second-order valence-corrected chi connectivity index (χ2v) is 19.6. The first kappa shape index (κ1) is 64.1. The molecule has 401 valence electrons. The number of carbonyl (C=O) groups excluding carboxylic acids is 11. The number of rotatable bonds is 34. The van der Waals surface area contributed by atoms with Crippen molar-refractivity contribution in [1.29, 1.82) is 0 Å². The topological polar surface area (TPSA) is 434 Å². The number of nitrogens with two attached hydrogens (primary N) is 5. The SMILES string of the molecule is [CH2-]C(O)CN(CC(=O)N[C@@H](CC1CC1)C(=O)NCC(N)=O)C(=O)[C@H](CSSC[C@H](N)C(=O)N[C@@H](Cc1ccc(O)cc1)C(N)=O)NC(=O)[C@H](CC(N)=O)NC(=O)[C@H](CCC(N)=O)NC(=O)C[C@@H](C)CC.[Ho]. The average molecular weight is 1190 g/mol. The number of nitrogens with one attached hydrogen (secondary N) is 6. The first-order chi connectivity index (χ1) is 32.9. The van der Waals surface area contributed by atoms with E-state index in [0.717, 1.165) is 39.3 Å². The summed E-state index contributed by atoms with van der Waals surface area (Å²) in [7, 11) is 1.85. The molecule has 8 atom stereocenters. The van der Waals surface area contributed by atoms with Gasteiger partial charge in [-0.25, -0.2) is 0 Å². The summed E-state index contributed by atoms with van der Waals surface area (Å²) in [5.74, 6) is -10.1. The van der Waals surface area contributed by atoms with E-state index in [1.807, 2.05) is 6.92 Å². The molecule has 1 saturated carbocycles. The van der Waals surface area contributed by atoms with Crippen LogP contribution in [0.15, 0.2) is 24.3 Å². The van der Waals surface area contributed by atoms with Crippen molar-refractivity contribution in [1.82, 2.24) is 36.8 Å². The molecule has 25 nitrogen and oxygen atoms in total. The van der Waals surface area contributed by atoms with Crippen molar-refractivity contribution in [3.63, 3.8) is 0 Å². The Morgan fingerprint density at radius 3 is 1.86 bits per heavy atom. The van der Waals surface area contributed by atoms with Crippen molar-refractivity contribution in [3.05, 3.63) is 36.8 Å². The number of phenolic OH excluding ortho intramolecular Hbond substituents is 1. The molecule has 11 amide bonds. The van der Waals surface area contributed by atoms with E-state index in [0.29, 0.717) is 12.0 Å². The summed E-state index contributed by atoms with van der Waals surface area (Å²) in [6.07, 6.45) is -0.542. The summed E-state index contributed by atoms with van der Waals surface area (Å²) >= 11 is 0. The van der Waals surface area contributed by atoms with Gasteiger partial charge >= 0.3 is 0 Å². The molecule has 1 aliphatic rings. The molecule has 0 saturated heterocycles. The van der Waals surface area contributed by atoms with E-state index in [9.17, 15) is 63.0 Å². The Labute approximate surface area is 449 Å². The minimum Gasteiger partial charge on any atom is -0.508 e. The van der Waals surface area contributed by atoms with Crippen LogP contribution < -0.4 is 60.6 Å². The number of aromatic hydroxyl groups is 1. The van der Waals surface area contributed by atoms with Crippen LogP contribution in [0.5, 0.6) is 5.75 Å². The molecule has 0 aromatic heterocycles. The van der Waals surface area contributed by atoms with E-state index in [1.54, 1.807) is 6.92 Å². The molecule has 28 heteroatoms. The van der Waals surface area contributed by atoms with Crippen molar-refractivity contribution in [2.75, 3.05) is 31.1 Å². The Balaban J connectivity index is 0.0000252. The third kappa shape index (κ3) is 26.4. The normalized spacial score (nSPS) is 15.2. The summed E-state index contributed by atoms with van der Waals surface area (Å²) in [6.45, 7) is 5.26. The van der Waals surface area contributed by atoms with E-state index in [1.165, 1.54) is 24.3 Å². The monoisotopic (exact) mass is 1190 g/mol. The second-order valence-electron chi connectivity index (χ2n) is 17.0. The number of aliphatic hydroxyl groups is 1. The maximum atomic E-state index is 14.4. The average Bonchev–Trinajstić information content (AvgIpc) is 4.10. The summed E-state index contributed by atoms with van der Waals surface area (Å²) in [5.41, 5.74) is 28.1. The number of phenols is 1. The molecule has 1 aliphatic carbocycles. The fourth-order valence-corrected chi connectivity index (χ4v) is 8.70. The zero-order valence-corrected chi connectivity index (χ0v) is 43.0. The minimum atomic E-state index is -1.78. The molecule has 1 aromatic rings. The molecule has 18 N–H and O–H groups in total. The largest absolute Gasteiger partial charge is 0.508 e. The van der Waals surface area contributed by atoms with Gasteiger partial charge in [-0.3, -0.25) is 52.7 Å². The van der Waals surface area contributed by atoms with Gasteiger partial charge in [0.15, 0.2) is 0 Å². The smallest absolute Gasteiger partial charge is 0.246 e. The fourth-order valence-electron chi connectivity index (χ4n) is 6.42. The Hall–Kier alpha value is -4.93. The van der Waals surface area contributed by atoms with Gasteiger partial charge < -0.3 is 82.6 Å². The van der Waals surface area contributed by atoms with Crippen molar-refractivity contribution in [2.24, 2.45) is 40.5 Å². The molecule has 2 rings (SSSR count). The molecule has 0 aliphatic heterocycles. The molecule has 1 radical (unpaired) electrons. The first-order valence-electron chi connectivity index (χ1n) is 22.4. The predicted octanol–water partition coefficient (Wildman–Crippen LogP) is -4.45. The van der Waals surface area contributed by atoms with Gasteiger partial charge in [-0.2, -0.15) is 0 Å². The van der Waals surface area contributed by atoms with Gasteiger partial charge in [0.2, 0.25) is 65.0 Å². The van der Waals surface area contributed by atoms with Crippen LogP contribution in [-0.4, -0.2) is 154 Å². The van der Waals surface area contributed by atoms with E-state index in [4.69, 9.17) is 28.7 Å². The molecular formula is C43H67HoN12O13S2-. The van der Waals surface area contributed by atoms with Gasteiger partial charge in [-0.05, 0) is 42.4 Å². The van der Waals surface area contributed by atoms with Crippen molar-refractivity contribution in [3.8, 4) is 5.75 Å². The van der Waals surface area contributed by atoms with E-state index >= 15 is 0 Å². The third-order valence-corrected chi connectivity index (χ3v) is 13.0. The number of nitrogens with zero attached hydrogens (tertiary/aromatic N) is 1. The van der Waals surface area contributed by atoms with Crippen LogP contribution in [0.2, 0.25) is 0 Å². The Kier molecular flexibility index (Phi) is 29.7. The number of aliphatic hydroxyl groups excluding tert-OH is 1. The summed E-state index contributed by atoms with van der Waals surface area (Å²) in [5, 5.41) is 34.6. The number of amides is 11. The van der Waals surface area contributed by atoms with Gasteiger partial charge in [-0.15, -0.1) is 0 Å². The minimum absolute atomic E-state index is 0. The summed E-state index contributed by atoms with van der Waals surface area (Å²) in [4.78, 5) is 143. The standard InChI is InChI=1S/C43H67N12O13S2.Ho/c1-4-22(2)13-36(61)50-28(11-12-33(45)58)41(66)53-31(16-34(46)59)42(67)54-32(21-70-69-20-27(44)39(64)52-29(38(48)63)14-25-7-9-26(57)10-8-25)43(68)55(18-23(3)56)19-37(62)51-30(15-24-5-6-24)40(65)49-17-35(47)60;/h7-10,22-24,27-32,56-57H,3-6,11-21,44H2,1-2H3,(H2,45,58)(H2,46,59)(H2,47,60)(H2,48,63)(H,49,65)(H,50,61)(H,51,62)(H,52,64)(H,53,66)(H,54,67);/q-1;/t22-,23?,27-,28-,29-,30-,31-,32-;/m0./s1. The van der Waals surface area contributed by atoms with Gasteiger partial charge in [0.25, 0.3) is 0 Å². The number of hydrogen-bond donors (Lipinski definition) is 13. The van der Waals surface area contributed by atoms with Crippen LogP contribution in [0.4, 0.5) is 0 Å². The van der Waals surface area contributed by atoms with Crippen LogP contribution in [0.3, 0.4) is 0 Å². The summed E-state index contributed by atoms with van der Waals surface area (Å²) < 4.78 is 0.